The van der Waals surface area contributed by atoms with E-state index >= 15 is 0 Å². The Labute approximate surface area is 113 Å². The molecule has 3 nitrogen and oxygen atoms in total. The van der Waals surface area contributed by atoms with Crippen LogP contribution < -0.4 is 5.43 Å². The summed E-state index contributed by atoms with van der Waals surface area (Å²) in [6.45, 7) is 0. The van der Waals surface area contributed by atoms with E-state index in [0.717, 1.165) is 10.8 Å². The van der Waals surface area contributed by atoms with Gasteiger partial charge in [-0.05, 0) is 29.0 Å². The third-order valence-electron chi connectivity index (χ3n) is 3.57. The summed E-state index contributed by atoms with van der Waals surface area (Å²) in [4.78, 5) is 12.7. The molecule has 20 heavy (non-hydrogen) atoms. The summed E-state index contributed by atoms with van der Waals surface area (Å²) < 4.78 is 5.76. The summed E-state index contributed by atoms with van der Waals surface area (Å²) in [6, 6.07) is 16.2. The van der Waals surface area contributed by atoms with E-state index in [1.54, 1.807) is 18.2 Å². The third kappa shape index (κ3) is 1.37. The van der Waals surface area contributed by atoms with Crippen molar-refractivity contribution in [2.75, 3.05) is 0 Å². The molecule has 0 radical (unpaired) electrons. The summed E-state index contributed by atoms with van der Waals surface area (Å²) in [5.41, 5.74) is 0.737. The molecule has 0 saturated heterocycles. The second-order valence-electron chi connectivity index (χ2n) is 4.74. The number of aromatic hydroxyl groups is 1. The average Bonchev–Trinajstić information content (AvgIpc) is 2.47. The minimum atomic E-state index is -0.198. The van der Waals surface area contributed by atoms with Crippen molar-refractivity contribution in [2.45, 2.75) is 0 Å². The molecular weight excluding hydrogens is 252 g/mol. The minimum Gasteiger partial charge on any atom is -0.507 e. The Morgan fingerprint density at radius 1 is 0.800 bits per heavy atom. The molecule has 0 amide bonds. The molecule has 0 bridgehead atoms. The van der Waals surface area contributed by atoms with Crippen LogP contribution in [0.15, 0.2) is 63.8 Å². The summed E-state index contributed by atoms with van der Waals surface area (Å²) in [6.07, 6.45) is 0. The fourth-order valence-corrected chi connectivity index (χ4v) is 2.65. The Bertz CT molecular complexity index is 1030. The molecule has 3 aromatic carbocycles. The molecule has 0 saturated carbocycles. The molecule has 0 unspecified atom stereocenters. The van der Waals surface area contributed by atoms with Crippen LogP contribution in [0.25, 0.3) is 32.7 Å². The van der Waals surface area contributed by atoms with Crippen molar-refractivity contribution in [3.63, 3.8) is 0 Å². The maximum atomic E-state index is 12.7. The van der Waals surface area contributed by atoms with Gasteiger partial charge in [0.2, 0.25) is 5.43 Å². The van der Waals surface area contributed by atoms with Crippen LogP contribution in [-0.4, -0.2) is 5.11 Å². The van der Waals surface area contributed by atoms with Crippen LogP contribution in [0.1, 0.15) is 0 Å². The number of fused-ring (bicyclic) bond motifs is 4. The first-order chi connectivity index (χ1) is 9.75. The van der Waals surface area contributed by atoms with Gasteiger partial charge in [0.25, 0.3) is 0 Å². The van der Waals surface area contributed by atoms with E-state index in [4.69, 9.17) is 4.42 Å². The van der Waals surface area contributed by atoms with Crippen molar-refractivity contribution < 1.29 is 9.52 Å². The summed E-state index contributed by atoms with van der Waals surface area (Å²) >= 11 is 0. The smallest absolute Gasteiger partial charge is 0.204 e. The van der Waals surface area contributed by atoms with Crippen LogP contribution in [-0.2, 0) is 0 Å². The van der Waals surface area contributed by atoms with Crippen LogP contribution in [0.3, 0.4) is 0 Å². The lowest BCUT2D eigenvalue weighted by Gasteiger charge is -2.05. The Hall–Kier alpha value is -2.81. The van der Waals surface area contributed by atoms with Gasteiger partial charge in [0.15, 0.2) is 0 Å². The van der Waals surface area contributed by atoms with E-state index in [1.165, 1.54) is 6.07 Å². The molecule has 0 aliphatic carbocycles. The molecular formula is C17H10O3. The zero-order valence-electron chi connectivity index (χ0n) is 10.5. The van der Waals surface area contributed by atoms with Crippen molar-refractivity contribution in [3.05, 3.63) is 64.8 Å². The van der Waals surface area contributed by atoms with Gasteiger partial charge >= 0.3 is 0 Å². The first-order valence-corrected chi connectivity index (χ1v) is 6.32. The Morgan fingerprint density at radius 3 is 2.50 bits per heavy atom. The van der Waals surface area contributed by atoms with Gasteiger partial charge in [-0.3, -0.25) is 4.79 Å². The quantitative estimate of drug-likeness (QED) is 0.387. The molecule has 0 atom stereocenters. The SMILES string of the molecule is O=c1c2c(O)cccc2oc2ccc3ccccc3c12. The lowest BCUT2D eigenvalue weighted by Crippen LogP contribution is -2.03. The van der Waals surface area contributed by atoms with Gasteiger partial charge in [-0.25, -0.2) is 0 Å². The van der Waals surface area contributed by atoms with Crippen LogP contribution in [0.2, 0.25) is 0 Å². The highest BCUT2D eigenvalue weighted by Crippen LogP contribution is 2.28. The van der Waals surface area contributed by atoms with Crippen LogP contribution >= 0.6 is 0 Å². The topological polar surface area (TPSA) is 50.4 Å². The molecule has 0 aliphatic rings. The minimum absolute atomic E-state index is 0.0499. The third-order valence-corrected chi connectivity index (χ3v) is 3.57. The van der Waals surface area contributed by atoms with Crippen molar-refractivity contribution in [1.82, 2.24) is 0 Å². The van der Waals surface area contributed by atoms with E-state index in [0.29, 0.717) is 16.6 Å². The summed E-state index contributed by atoms with van der Waals surface area (Å²) in [5.74, 6) is -0.0499. The van der Waals surface area contributed by atoms with Crippen molar-refractivity contribution >= 4 is 32.7 Å². The number of rotatable bonds is 0. The Kier molecular flexibility index (Phi) is 2.12. The number of phenols is 1. The molecule has 1 heterocycles. The molecule has 3 heteroatoms. The highest BCUT2D eigenvalue weighted by Gasteiger charge is 2.13. The second-order valence-corrected chi connectivity index (χ2v) is 4.74. The lowest BCUT2D eigenvalue weighted by atomic mass is 10.0. The summed E-state index contributed by atoms with van der Waals surface area (Å²) in [5, 5.41) is 12.5. The number of hydrogen-bond donors (Lipinski definition) is 1. The van der Waals surface area contributed by atoms with Gasteiger partial charge < -0.3 is 9.52 Å². The van der Waals surface area contributed by atoms with Gasteiger partial charge in [-0.15, -0.1) is 0 Å². The number of phenolic OH excluding ortho intramolecular Hbond substituents is 1. The number of benzene rings is 3. The highest BCUT2D eigenvalue weighted by molar-refractivity contribution is 6.08. The molecule has 4 aromatic rings. The van der Waals surface area contributed by atoms with E-state index in [1.807, 2.05) is 30.3 Å². The molecule has 1 aromatic heterocycles. The van der Waals surface area contributed by atoms with Crippen LogP contribution in [0, 0.1) is 0 Å². The Morgan fingerprint density at radius 2 is 1.60 bits per heavy atom. The van der Waals surface area contributed by atoms with E-state index in [2.05, 4.69) is 0 Å². The molecule has 0 aliphatic heterocycles. The van der Waals surface area contributed by atoms with Crippen molar-refractivity contribution in [2.24, 2.45) is 0 Å². The van der Waals surface area contributed by atoms with E-state index in [9.17, 15) is 9.90 Å². The lowest BCUT2D eigenvalue weighted by molar-refractivity contribution is 0.480. The average molecular weight is 262 g/mol. The number of hydrogen-bond acceptors (Lipinski definition) is 3. The summed E-state index contributed by atoms with van der Waals surface area (Å²) in [7, 11) is 0. The fourth-order valence-electron chi connectivity index (χ4n) is 2.65. The normalized spacial score (nSPS) is 11.4. The standard InChI is InChI=1S/C17H10O3/c18-12-6-3-7-13-16(12)17(19)15-11-5-2-1-4-10(11)8-9-14(15)20-13/h1-9,18H. The molecule has 1 N–H and O–H groups in total. The molecule has 4 rings (SSSR count). The largest absolute Gasteiger partial charge is 0.507 e. The fraction of sp³-hybridized carbons (Fsp3) is 0. The molecule has 96 valence electrons. The monoisotopic (exact) mass is 262 g/mol. The zero-order chi connectivity index (χ0) is 13.7. The van der Waals surface area contributed by atoms with Gasteiger partial charge in [-0.1, -0.05) is 36.4 Å². The first kappa shape index (κ1) is 11.1. The van der Waals surface area contributed by atoms with Crippen molar-refractivity contribution in [3.8, 4) is 5.75 Å². The maximum absolute atomic E-state index is 12.7. The van der Waals surface area contributed by atoms with E-state index in [-0.39, 0.29) is 16.6 Å². The highest BCUT2D eigenvalue weighted by atomic mass is 16.3. The predicted octanol–water partition coefficient (Wildman–Crippen LogP) is 3.81. The van der Waals surface area contributed by atoms with Gasteiger partial charge in [0, 0.05) is 0 Å². The van der Waals surface area contributed by atoms with Gasteiger partial charge in [0.05, 0.1) is 5.39 Å². The second kappa shape index (κ2) is 3.84. The van der Waals surface area contributed by atoms with Gasteiger partial charge in [-0.2, -0.15) is 0 Å². The Balaban J connectivity index is 2.38. The zero-order valence-corrected chi connectivity index (χ0v) is 10.5. The molecule has 0 fully saturated rings. The van der Waals surface area contributed by atoms with Crippen molar-refractivity contribution in [1.29, 1.82) is 0 Å². The van der Waals surface area contributed by atoms with Gasteiger partial charge in [0.1, 0.15) is 22.3 Å². The van der Waals surface area contributed by atoms with E-state index < -0.39 is 0 Å². The maximum Gasteiger partial charge on any atom is 0.204 e. The van der Waals surface area contributed by atoms with Crippen LogP contribution in [0.4, 0.5) is 0 Å². The molecule has 0 spiro atoms. The first-order valence-electron chi connectivity index (χ1n) is 6.32. The van der Waals surface area contributed by atoms with Crippen LogP contribution in [0.5, 0.6) is 5.75 Å². The predicted molar refractivity (Wildman–Crippen MR) is 79.2 cm³/mol.